The molecule has 1 aromatic carbocycles. The summed E-state index contributed by atoms with van der Waals surface area (Å²) in [7, 11) is -3.72. The van der Waals surface area contributed by atoms with Crippen molar-refractivity contribution >= 4 is 10.0 Å². The minimum atomic E-state index is -3.72. The maximum Gasteiger partial charge on any atom is 0.241 e. The van der Waals surface area contributed by atoms with Crippen LogP contribution in [0.2, 0.25) is 0 Å². The molecule has 3 rings (SSSR count). The summed E-state index contributed by atoms with van der Waals surface area (Å²) in [4.78, 5) is 4.75. The minimum absolute atomic E-state index is 0.151. The molecule has 2 unspecified atom stereocenters. The summed E-state index contributed by atoms with van der Waals surface area (Å²) in [5.74, 6) is 0.576. The van der Waals surface area contributed by atoms with Crippen LogP contribution in [0.25, 0.3) is 0 Å². The number of aromatic nitrogens is 2. The van der Waals surface area contributed by atoms with Crippen molar-refractivity contribution in [3.8, 4) is 0 Å². The van der Waals surface area contributed by atoms with E-state index in [0.29, 0.717) is 13.2 Å². The Morgan fingerprint density at radius 1 is 1.03 bits per heavy atom. The Morgan fingerprint density at radius 3 is 2.35 bits per heavy atom. The number of aryl methyl sites for hydroxylation is 4. The lowest BCUT2D eigenvalue weighted by Crippen LogP contribution is -2.35. The van der Waals surface area contributed by atoms with Gasteiger partial charge in [-0.2, -0.15) is 0 Å². The number of sulfonamides is 1. The number of nitrogens with zero attached hydrogens (tertiary/aromatic N) is 2. The number of nitrogens with one attached hydrogen (secondary N) is 1. The van der Waals surface area contributed by atoms with Gasteiger partial charge in [0, 0.05) is 22.9 Å². The molecule has 3 aromatic rings. The van der Waals surface area contributed by atoms with Crippen LogP contribution in [-0.2, 0) is 21.4 Å². The van der Waals surface area contributed by atoms with Crippen LogP contribution in [0.15, 0.2) is 51.9 Å². The van der Waals surface area contributed by atoms with Gasteiger partial charge in [0.25, 0.3) is 0 Å². The largest absolute Gasteiger partial charge is 0.376 e. The molecule has 2 aromatic heterocycles. The second kappa shape index (κ2) is 9.72. The summed E-state index contributed by atoms with van der Waals surface area (Å²) >= 11 is 0. The van der Waals surface area contributed by atoms with E-state index in [1.165, 1.54) is 0 Å². The molecule has 0 spiro atoms. The van der Waals surface area contributed by atoms with Crippen LogP contribution in [0.1, 0.15) is 46.9 Å². The van der Waals surface area contributed by atoms with E-state index in [1.807, 2.05) is 46.8 Å². The van der Waals surface area contributed by atoms with Gasteiger partial charge in [-0.3, -0.25) is 4.98 Å². The fraction of sp³-hybridized carbons (Fsp3) is 0.391. The lowest BCUT2D eigenvalue weighted by atomic mass is 9.95. The molecule has 0 bridgehead atoms. The summed E-state index contributed by atoms with van der Waals surface area (Å²) in [6.45, 7) is 10.2. The molecule has 0 saturated heterocycles. The van der Waals surface area contributed by atoms with Crippen molar-refractivity contribution in [2.75, 3.05) is 6.61 Å². The van der Waals surface area contributed by atoms with E-state index in [4.69, 9.17) is 9.26 Å². The van der Waals surface area contributed by atoms with E-state index in [0.717, 1.165) is 34.0 Å². The second-order valence-electron chi connectivity index (χ2n) is 7.83. The Morgan fingerprint density at radius 2 is 1.74 bits per heavy atom. The summed E-state index contributed by atoms with van der Waals surface area (Å²) in [6.07, 6.45) is 0. The highest BCUT2D eigenvalue weighted by Crippen LogP contribution is 2.27. The zero-order valence-corrected chi connectivity index (χ0v) is 19.4. The monoisotopic (exact) mass is 443 g/mol. The number of benzene rings is 1. The minimum Gasteiger partial charge on any atom is -0.376 e. The second-order valence-corrected chi connectivity index (χ2v) is 9.55. The maximum absolute atomic E-state index is 13.1. The number of rotatable bonds is 9. The Labute approximate surface area is 183 Å². The number of ether oxygens (including phenoxy) is 1. The van der Waals surface area contributed by atoms with Crippen LogP contribution in [-0.4, -0.2) is 25.2 Å². The highest BCUT2D eigenvalue weighted by atomic mass is 32.2. The molecule has 0 saturated carbocycles. The fourth-order valence-corrected chi connectivity index (χ4v) is 4.84. The Balaban J connectivity index is 1.83. The molecule has 0 radical (unpaired) electrons. The number of hydrogen-bond donors (Lipinski definition) is 1. The lowest BCUT2D eigenvalue weighted by molar-refractivity contribution is 0.0810. The van der Waals surface area contributed by atoms with Crippen LogP contribution < -0.4 is 4.72 Å². The van der Waals surface area contributed by atoms with E-state index in [-0.39, 0.29) is 10.8 Å². The average Bonchev–Trinajstić information content (AvgIpc) is 3.05. The first-order chi connectivity index (χ1) is 14.7. The van der Waals surface area contributed by atoms with Crippen LogP contribution in [0.5, 0.6) is 0 Å². The SMILES string of the molecule is Cc1ccc(C(NS(=O)(=O)c2ccccc2)C(C)COCc2c(C)noc2C)c(C)n1. The standard InChI is InChI=1S/C23H29N3O4S/c1-15(13-29-14-22-18(4)25-30-19(22)5)23(21-12-11-16(2)24-17(21)3)26-31(27,28)20-9-7-6-8-10-20/h6-12,15,23,26H,13-14H2,1-5H3. The first kappa shape index (κ1) is 23.1. The molecule has 7 nitrogen and oxygen atoms in total. The van der Waals surface area contributed by atoms with E-state index in [9.17, 15) is 8.42 Å². The Hall–Kier alpha value is -2.55. The predicted octanol–water partition coefficient (Wildman–Crippen LogP) is 4.18. The molecule has 166 valence electrons. The third kappa shape index (κ3) is 5.58. The molecular formula is C23H29N3O4S. The normalized spacial score (nSPS) is 13.8. The van der Waals surface area contributed by atoms with Crippen molar-refractivity contribution in [2.45, 2.75) is 52.2 Å². The van der Waals surface area contributed by atoms with Crippen molar-refractivity contribution in [1.29, 1.82) is 0 Å². The molecule has 0 amide bonds. The maximum atomic E-state index is 13.1. The van der Waals surface area contributed by atoms with Gasteiger partial charge < -0.3 is 9.26 Å². The number of pyridine rings is 1. The van der Waals surface area contributed by atoms with Gasteiger partial charge in [0.15, 0.2) is 0 Å². The fourth-order valence-electron chi connectivity index (χ4n) is 3.50. The van der Waals surface area contributed by atoms with Gasteiger partial charge in [-0.1, -0.05) is 36.3 Å². The average molecular weight is 444 g/mol. The molecule has 1 N–H and O–H groups in total. The van der Waals surface area contributed by atoms with Gasteiger partial charge in [0.1, 0.15) is 5.76 Å². The summed E-state index contributed by atoms with van der Waals surface area (Å²) in [6, 6.07) is 11.7. The van der Waals surface area contributed by atoms with Gasteiger partial charge >= 0.3 is 0 Å². The number of hydrogen-bond acceptors (Lipinski definition) is 6. The molecule has 8 heteroatoms. The van der Waals surface area contributed by atoms with E-state index in [2.05, 4.69) is 14.9 Å². The molecule has 0 aliphatic heterocycles. The van der Waals surface area contributed by atoms with Crippen LogP contribution in [0, 0.1) is 33.6 Å². The van der Waals surface area contributed by atoms with Crippen LogP contribution in [0.3, 0.4) is 0 Å². The van der Waals surface area contributed by atoms with Crippen molar-refractivity contribution in [1.82, 2.24) is 14.9 Å². The van der Waals surface area contributed by atoms with E-state index < -0.39 is 16.1 Å². The summed E-state index contributed by atoms with van der Waals surface area (Å²) < 4.78 is 40.1. The van der Waals surface area contributed by atoms with Crippen LogP contribution >= 0.6 is 0 Å². The van der Waals surface area contributed by atoms with Gasteiger partial charge in [0.05, 0.1) is 29.8 Å². The molecular weight excluding hydrogens is 414 g/mol. The third-order valence-corrected chi connectivity index (χ3v) is 6.77. The van der Waals surface area contributed by atoms with E-state index in [1.54, 1.807) is 30.3 Å². The zero-order valence-electron chi connectivity index (χ0n) is 18.5. The van der Waals surface area contributed by atoms with Crippen molar-refractivity contribution in [3.63, 3.8) is 0 Å². The van der Waals surface area contributed by atoms with Gasteiger partial charge in [0.2, 0.25) is 10.0 Å². The molecule has 0 fully saturated rings. The molecule has 2 atom stereocenters. The highest BCUT2D eigenvalue weighted by Gasteiger charge is 2.28. The van der Waals surface area contributed by atoms with Crippen molar-refractivity contribution in [3.05, 3.63) is 76.4 Å². The van der Waals surface area contributed by atoms with Gasteiger partial charge in [-0.25, -0.2) is 13.1 Å². The third-order valence-electron chi connectivity index (χ3n) is 5.31. The van der Waals surface area contributed by atoms with E-state index >= 15 is 0 Å². The van der Waals surface area contributed by atoms with Crippen LogP contribution in [0.4, 0.5) is 0 Å². The van der Waals surface area contributed by atoms with Gasteiger partial charge in [-0.05, 0) is 51.5 Å². The van der Waals surface area contributed by atoms with Crippen molar-refractivity contribution in [2.24, 2.45) is 5.92 Å². The summed E-state index contributed by atoms with van der Waals surface area (Å²) in [5, 5.41) is 3.94. The topological polar surface area (TPSA) is 94.3 Å². The molecule has 2 heterocycles. The van der Waals surface area contributed by atoms with Gasteiger partial charge in [-0.15, -0.1) is 0 Å². The Kier molecular flexibility index (Phi) is 7.25. The predicted molar refractivity (Wildman–Crippen MR) is 118 cm³/mol. The molecule has 0 aliphatic rings. The highest BCUT2D eigenvalue weighted by molar-refractivity contribution is 7.89. The summed E-state index contributed by atoms with van der Waals surface area (Å²) in [5.41, 5.74) is 4.22. The van der Waals surface area contributed by atoms with Crippen molar-refractivity contribution < 1.29 is 17.7 Å². The zero-order chi connectivity index (χ0) is 22.6. The first-order valence-electron chi connectivity index (χ1n) is 10.2. The first-order valence-corrected chi connectivity index (χ1v) is 11.7. The molecule has 31 heavy (non-hydrogen) atoms. The quantitative estimate of drug-likeness (QED) is 0.533. The molecule has 0 aliphatic carbocycles. The lowest BCUT2D eigenvalue weighted by Gasteiger charge is -2.26. The Bertz CT molecular complexity index is 1110. The smallest absolute Gasteiger partial charge is 0.241 e.